The summed E-state index contributed by atoms with van der Waals surface area (Å²) in [5, 5.41) is 13.3. The minimum atomic E-state index is -3.46. The summed E-state index contributed by atoms with van der Waals surface area (Å²) in [7, 11) is -3.46. The van der Waals surface area contributed by atoms with Crippen molar-refractivity contribution in [2.75, 3.05) is 18.1 Å². The molecule has 0 aliphatic rings. The average molecular weight is 396 g/mol. The van der Waals surface area contributed by atoms with Crippen molar-refractivity contribution in [1.29, 1.82) is 0 Å². The predicted octanol–water partition coefficient (Wildman–Crippen LogP) is 1.55. The number of nitrogens with zero attached hydrogens (tertiary/aromatic N) is 1. The molecule has 9 heteroatoms. The maximum Gasteiger partial charge on any atom is 0.355 e. The SMILES string of the molecule is O=C(CS(=O)(=O)CCCc1ccccc1)NCCc1nc(C(=O)O)cs1. The number of benzene rings is 1. The zero-order chi connectivity index (χ0) is 19.0. The first-order chi connectivity index (χ1) is 12.4. The summed E-state index contributed by atoms with van der Waals surface area (Å²) in [5.74, 6) is -2.23. The molecule has 0 aliphatic carbocycles. The number of aromatic nitrogens is 1. The largest absolute Gasteiger partial charge is 0.476 e. The normalized spacial score (nSPS) is 11.2. The standard InChI is InChI=1S/C17H20N2O5S2/c20-15(18-9-8-16-19-14(11-25-16)17(21)22)12-26(23,24)10-4-7-13-5-2-1-3-6-13/h1-3,5-6,11H,4,7-10,12H2,(H,18,20)(H,21,22). The van der Waals surface area contributed by atoms with Crippen LogP contribution in [-0.4, -0.2) is 48.4 Å². The van der Waals surface area contributed by atoms with Gasteiger partial charge in [0.1, 0.15) is 5.75 Å². The number of sulfone groups is 1. The molecule has 0 fully saturated rings. The highest BCUT2D eigenvalue weighted by atomic mass is 32.2. The first-order valence-corrected chi connectivity index (χ1v) is 10.7. The number of carbonyl (C=O) groups is 2. The van der Waals surface area contributed by atoms with Gasteiger partial charge in [-0.05, 0) is 18.4 Å². The molecule has 0 saturated heterocycles. The number of hydrogen-bond donors (Lipinski definition) is 2. The number of hydrogen-bond acceptors (Lipinski definition) is 6. The van der Waals surface area contributed by atoms with Crippen LogP contribution in [0.2, 0.25) is 0 Å². The number of aryl methyl sites for hydroxylation is 1. The first-order valence-electron chi connectivity index (χ1n) is 8.04. The van der Waals surface area contributed by atoms with Gasteiger partial charge in [-0.3, -0.25) is 4.79 Å². The highest BCUT2D eigenvalue weighted by Gasteiger charge is 2.16. The molecule has 2 N–H and O–H groups in total. The molecule has 1 heterocycles. The number of carboxylic acids is 1. The van der Waals surface area contributed by atoms with Gasteiger partial charge in [0.05, 0.1) is 10.8 Å². The predicted molar refractivity (Wildman–Crippen MR) is 99.2 cm³/mol. The Balaban J connectivity index is 1.69. The van der Waals surface area contributed by atoms with Gasteiger partial charge in [-0.15, -0.1) is 11.3 Å². The van der Waals surface area contributed by atoms with E-state index in [0.29, 0.717) is 24.3 Å². The quantitative estimate of drug-likeness (QED) is 0.630. The lowest BCUT2D eigenvalue weighted by Gasteiger charge is -2.06. The summed E-state index contributed by atoms with van der Waals surface area (Å²) in [6.45, 7) is 0.213. The van der Waals surface area contributed by atoms with Gasteiger partial charge in [-0.2, -0.15) is 0 Å². The third kappa shape index (κ3) is 6.93. The number of rotatable bonds is 10. The fourth-order valence-electron chi connectivity index (χ4n) is 2.30. The molecule has 1 aromatic carbocycles. The second kappa shape index (κ2) is 9.44. The second-order valence-electron chi connectivity index (χ2n) is 5.71. The lowest BCUT2D eigenvalue weighted by molar-refractivity contribution is -0.118. The Hall–Kier alpha value is -2.26. The van der Waals surface area contributed by atoms with Crippen LogP contribution in [0.5, 0.6) is 0 Å². The molecule has 0 atom stereocenters. The smallest absolute Gasteiger partial charge is 0.355 e. The van der Waals surface area contributed by atoms with Crippen molar-refractivity contribution in [3.63, 3.8) is 0 Å². The monoisotopic (exact) mass is 396 g/mol. The van der Waals surface area contributed by atoms with Crippen molar-refractivity contribution in [2.24, 2.45) is 0 Å². The van der Waals surface area contributed by atoms with Crippen molar-refractivity contribution < 1.29 is 23.1 Å². The van der Waals surface area contributed by atoms with Crippen LogP contribution in [0.25, 0.3) is 0 Å². The van der Waals surface area contributed by atoms with Crippen LogP contribution in [0, 0.1) is 0 Å². The second-order valence-corrected chi connectivity index (χ2v) is 8.84. The van der Waals surface area contributed by atoms with Gasteiger partial charge >= 0.3 is 5.97 Å². The third-order valence-corrected chi connectivity index (χ3v) is 6.07. The van der Waals surface area contributed by atoms with E-state index in [1.54, 1.807) is 0 Å². The number of amides is 1. The fourth-order valence-corrected chi connectivity index (χ4v) is 4.30. The van der Waals surface area contributed by atoms with Gasteiger partial charge in [0.25, 0.3) is 0 Å². The zero-order valence-electron chi connectivity index (χ0n) is 14.1. The van der Waals surface area contributed by atoms with Crippen molar-refractivity contribution in [3.05, 3.63) is 52.0 Å². The van der Waals surface area contributed by atoms with Crippen LogP contribution in [0.1, 0.15) is 27.5 Å². The maximum absolute atomic E-state index is 12.0. The molecule has 1 aromatic heterocycles. The van der Waals surface area contributed by atoms with E-state index in [4.69, 9.17) is 5.11 Å². The molecule has 2 aromatic rings. The molecule has 2 rings (SSSR count). The Kier molecular flexibility index (Phi) is 7.28. The minimum Gasteiger partial charge on any atom is -0.476 e. The number of carboxylic acid groups (broad SMARTS) is 1. The van der Waals surface area contributed by atoms with E-state index in [9.17, 15) is 18.0 Å². The Morgan fingerprint density at radius 3 is 2.54 bits per heavy atom. The molecule has 26 heavy (non-hydrogen) atoms. The highest BCUT2D eigenvalue weighted by molar-refractivity contribution is 7.92. The minimum absolute atomic E-state index is 0.0303. The highest BCUT2D eigenvalue weighted by Crippen LogP contribution is 2.10. The molecule has 1 amide bonds. The van der Waals surface area contributed by atoms with E-state index in [1.165, 1.54) is 16.7 Å². The molecule has 0 saturated carbocycles. The van der Waals surface area contributed by atoms with Crippen molar-refractivity contribution in [1.82, 2.24) is 10.3 Å². The Morgan fingerprint density at radius 1 is 1.15 bits per heavy atom. The fraction of sp³-hybridized carbons (Fsp3) is 0.353. The van der Waals surface area contributed by atoms with Crippen molar-refractivity contribution in [2.45, 2.75) is 19.3 Å². The van der Waals surface area contributed by atoms with E-state index < -0.39 is 27.5 Å². The number of carbonyl (C=O) groups excluding carboxylic acids is 1. The molecule has 0 radical (unpaired) electrons. The van der Waals surface area contributed by atoms with Gasteiger partial charge in [0, 0.05) is 18.3 Å². The average Bonchev–Trinajstić information content (AvgIpc) is 3.04. The number of aromatic carboxylic acids is 1. The van der Waals surface area contributed by atoms with Gasteiger partial charge in [-0.25, -0.2) is 18.2 Å². The molecular formula is C17H20N2O5S2. The number of nitrogens with one attached hydrogen (secondary N) is 1. The molecule has 0 bridgehead atoms. The van der Waals surface area contributed by atoms with E-state index in [1.807, 2.05) is 30.3 Å². The topological polar surface area (TPSA) is 113 Å². The van der Waals surface area contributed by atoms with E-state index in [-0.39, 0.29) is 18.0 Å². The van der Waals surface area contributed by atoms with Crippen LogP contribution >= 0.6 is 11.3 Å². The first kappa shape index (κ1) is 20.1. The Morgan fingerprint density at radius 2 is 1.88 bits per heavy atom. The lowest BCUT2D eigenvalue weighted by atomic mass is 10.1. The van der Waals surface area contributed by atoms with E-state index in [0.717, 1.165) is 5.56 Å². The van der Waals surface area contributed by atoms with E-state index in [2.05, 4.69) is 10.3 Å². The summed E-state index contributed by atoms with van der Waals surface area (Å²) in [6.07, 6.45) is 1.48. The van der Waals surface area contributed by atoms with Crippen LogP contribution in [0.4, 0.5) is 0 Å². The Labute approximate surface area is 156 Å². The summed E-state index contributed by atoms with van der Waals surface area (Å²) < 4.78 is 24.0. The summed E-state index contributed by atoms with van der Waals surface area (Å²) in [4.78, 5) is 26.4. The summed E-state index contributed by atoms with van der Waals surface area (Å²) in [5.41, 5.74) is 1.04. The van der Waals surface area contributed by atoms with Gasteiger partial charge in [0.15, 0.2) is 15.5 Å². The lowest BCUT2D eigenvalue weighted by Crippen LogP contribution is -2.32. The third-order valence-electron chi connectivity index (χ3n) is 3.55. The maximum atomic E-state index is 12.0. The van der Waals surface area contributed by atoms with Gasteiger partial charge in [-0.1, -0.05) is 30.3 Å². The molecular weight excluding hydrogens is 376 g/mol. The van der Waals surface area contributed by atoms with Crippen LogP contribution in [-0.2, 0) is 27.5 Å². The summed E-state index contributed by atoms with van der Waals surface area (Å²) >= 11 is 1.19. The molecule has 7 nitrogen and oxygen atoms in total. The van der Waals surface area contributed by atoms with Gasteiger partial charge in [0.2, 0.25) is 5.91 Å². The van der Waals surface area contributed by atoms with Crippen LogP contribution in [0.15, 0.2) is 35.7 Å². The molecule has 0 spiro atoms. The summed E-state index contributed by atoms with van der Waals surface area (Å²) in [6, 6.07) is 9.58. The van der Waals surface area contributed by atoms with Crippen molar-refractivity contribution >= 4 is 33.1 Å². The Bertz CT molecular complexity index is 847. The zero-order valence-corrected chi connectivity index (χ0v) is 15.7. The molecule has 0 aliphatic heterocycles. The van der Waals surface area contributed by atoms with Crippen LogP contribution in [0.3, 0.4) is 0 Å². The van der Waals surface area contributed by atoms with Gasteiger partial charge < -0.3 is 10.4 Å². The molecule has 0 unspecified atom stereocenters. The van der Waals surface area contributed by atoms with Crippen molar-refractivity contribution in [3.8, 4) is 0 Å². The molecule has 140 valence electrons. The van der Waals surface area contributed by atoms with E-state index >= 15 is 0 Å². The number of thiazole rings is 1. The van der Waals surface area contributed by atoms with Crippen LogP contribution < -0.4 is 5.32 Å².